The average Bonchev–Trinajstić information content (AvgIpc) is 2.44. The van der Waals surface area contributed by atoms with Crippen molar-refractivity contribution in [3.63, 3.8) is 0 Å². The van der Waals surface area contributed by atoms with Crippen molar-refractivity contribution in [3.05, 3.63) is 64.4 Å². The van der Waals surface area contributed by atoms with Crippen LogP contribution in [0.1, 0.15) is 5.56 Å². The third-order valence-electron chi connectivity index (χ3n) is 3.06. The maximum Gasteiger partial charge on any atom is 0.266 e. The van der Waals surface area contributed by atoms with Crippen molar-refractivity contribution in [1.29, 1.82) is 0 Å². The lowest BCUT2D eigenvalue weighted by Gasteiger charge is -2.07. The largest absolute Gasteiger partial charge is 0.506 e. The van der Waals surface area contributed by atoms with E-state index in [0.717, 1.165) is 10.5 Å². The van der Waals surface area contributed by atoms with E-state index in [1.807, 2.05) is 55.5 Å². The van der Waals surface area contributed by atoms with Gasteiger partial charge in [-0.3, -0.25) is 4.79 Å². The minimum absolute atomic E-state index is 0.0394. The Morgan fingerprint density at radius 1 is 1.10 bits per heavy atom. The molecule has 0 saturated carbocycles. The molecule has 3 rings (SSSR count). The van der Waals surface area contributed by atoms with Crippen LogP contribution in [0.25, 0.3) is 10.9 Å². The summed E-state index contributed by atoms with van der Waals surface area (Å²) in [5, 5.41) is 11.0. The predicted molar refractivity (Wildman–Crippen MR) is 81.5 cm³/mol. The molecular weight excluding hydrogens is 270 g/mol. The molecule has 3 nitrogen and oxygen atoms in total. The number of aromatic nitrogens is 1. The van der Waals surface area contributed by atoms with Crippen LogP contribution in [0.2, 0.25) is 0 Å². The fourth-order valence-electron chi connectivity index (χ4n) is 2.08. The van der Waals surface area contributed by atoms with Crippen molar-refractivity contribution in [3.8, 4) is 5.75 Å². The molecule has 1 aromatic heterocycles. The van der Waals surface area contributed by atoms with E-state index < -0.39 is 0 Å². The van der Waals surface area contributed by atoms with Gasteiger partial charge in [-0.15, -0.1) is 0 Å². The Labute approximate surface area is 120 Å². The smallest absolute Gasteiger partial charge is 0.266 e. The Kier molecular flexibility index (Phi) is 3.24. The summed E-state index contributed by atoms with van der Waals surface area (Å²) in [7, 11) is 0. The number of benzene rings is 2. The molecule has 0 saturated heterocycles. The van der Waals surface area contributed by atoms with Gasteiger partial charge >= 0.3 is 0 Å². The first-order valence-electron chi connectivity index (χ1n) is 6.23. The SMILES string of the molecule is Cc1ccc2c(O)c(Sc3ccccc3)c(=O)[nH]c2c1. The van der Waals surface area contributed by atoms with Gasteiger partial charge in [0.15, 0.2) is 0 Å². The van der Waals surface area contributed by atoms with Crippen molar-refractivity contribution in [2.75, 3.05) is 0 Å². The van der Waals surface area contributed by atoms with E-state index in [0.29, 0.717) is 15.8 Å². The summed E-state index contributed by atoms with van der Waals surface area (Å²) in [6, 6.07) is 15.1. The van der Waals surface area contributed by atoms with Gasteiger partial charge in [0.25, 0.3) is 5.56 Å². The molecule has 0 atom stereocenters. The third-order valence-corrected chi connectivity index (χ3v) is 4.15. The summed E-state index contributed by atoms with van der Waals surface area (Å²) in [4.78, 5) is 16.2. The molecule has 0 fully saturated rings. The predicted octanol–water partition coefficient (Wildman–Crippen LogP) is 3.69. The number of fused-ring (bicyclic) bond motifs is 1. The van der Waals surface area contributed by atoms with Crippen LogP contribution < -0.4 is 5.56 Å². The van der Waals surface area contributed by atoms with Crippen LogP contribution in [0.3, 0.4) is 0 Å². The van der Waals surface area contributed by atoms with Gasteiger partial charge in [0.2, 0.25) is 0 Å². The summed E-state index contributed by atoms with van der Waals surface area (Å²) < 4.78 is 0. The number of hydrogen-bond acceptors (Lipinski definition) is 3. The summed E-state index contributed by atoms with van der Waals surface area (Å²) in [6.07, 6.45) is 0. The number of H-pyrrole nitrogens is 1. The van der Waals surface area contributed by atoms with E-state index in [2.05, 4.69) is 4.98 Å². The van der Waals surface area contributed by atoms with Crippen LogP contribution in [0.5, 0.6) is 5.75 Å². The van der Waals surface area contributed by atoms with Gasteiger partial charge in [-0.2, -0.15) is 0 Å². The van der Waals surface area contributed by atoms with E-state index in [9.17, 15) is 9.90 Å². The van der Waals surface area contributed by atoms with E-state index in [1.54, 1.807) is 0 Å². The van der Waals surface area contributed by atoms with Gasteiger partial charge in [-0.05, 0) is 36.8 Å². The zero-order valence-corrected chi connectivity index (χ0v) is 11.7. The van der Waals surface area contributed by atoms with Crippen molar-refractivity contribution in [2.24, 2.45) is 0 Å². The highest BCUT2D eigenvalue weighted by atomic mass is 32.2. The lowest BCUT2D eigenvalue weighted by atomic mass is 10.1. The highest BCUT2D eigenvalue weighted by molar-refractivity contribution is 7.99. The summed E-state index contributed by atoms with van der Waals surface area (Å²) >= 11 is 1.27. The summed E-state index contributed by atoms with van der Waals surface area (Å²) in [5.41, 5.74) is 1.43. The van der Waals surface area contributed by atoms with Crippen molar-refractivity contribution >= 4 is 22.7 Å². The minimum atomic E-state index is -0.269. The number of pyridine rings is 1. The molecule has 0 unspecified atom stereocenters. The summed E-state index contributed by atoms with van der Waals surface area (Å²) in [6.45, 7) is 1.95. The Hall–Kier alpha value is -2.20. The quantitative estimate of drug-likeness (QED) is 0.754. The fraction of sp³-hybridized carbons (Fsp3) is 0.0625. The van der Waals surface area contributed by atoms with E-state index in [1.165, 1.54) is 11.8 Å². The minimum Gasteiger partial charge on any atom is -0.506 e. The average molecular weight is 283 g/mol. The Morgan fingerprint density at radius 3 is 2.60 bits per heavy atom. The maximum absolute atomic E-state index is 12.1. The molecule has 0 bridgehead atoms. The van der Waals surface area contributed by atoms with Crippen molar-refractivity contribution in [2.45, 2.75) is 16.7 Å². The highest BCUT2D eigenvalue weighted by Crippen LogP contribution is 2.35. The van der Waals surface area contributed by atoms with Gasteiger partial charge < -0.3 is 10.1 Å². The van der Waals surface area contributed by atoms with Gasteiger partial charge in [0.1, 0.15) is 10.6 Å². The highest BCUT2D eigenvalue weighted by Gasteiger charge is 2.13. The first kappa shape index (κ1) is 12.8. The number of rotatable bonds is 2. The molecule has 4 heteroatoms. The number of aromatic amines is 1. The number of aromatic hydroxyl groups is 1. The third kappa shape index (κ3) is 2.30. The van der Waals surface area contributed by atoms with Gasteiger partial charge in [-0.1, -0.05) is 36.0 Å². The fourth-order valence-corrected chi connectivity index (χ4v) is 2.96. The van der Waals surface area contributed by atoms with Crippen LogP contribution in [0, 0.1) is 6.92 Å². The zero-order valence-electron chi connectivity index (χ0n) is 10.9. The molecular formula is C16H13NO2S. The van der Waals surface area contributed by atoms with Gasteiger partial charge in [0.05, 0.1) is 5.52 Å². The molecule has 100 valence electrons. The lowest BCUT2D eigenvalue weighted by Crippen LogP contribution is -2.08. The second-order valence-electron chi connectivity index (χ2n) is 4.60. The van der Waals surface area contributed by atoms with Crippen LogP contribution in [-0.4, -0.2) is 10.1 Å². The molecule has 20 heavy (non-hydrogen) atoms. The molecule has 0 aliphatic carbocycles. The monoisotopic (exact) mass is 283 g/mol. The maximum atomic E-state index is 12.1. The van der Waals surface area contributed by atoms with Crippen LogP contribution in [0.15, 0.2) is 63.1 Å². The standard InChI is InChI=1S/C16H13NO2S/c1-10-7-8-12-13(9-10)17-16(19)15(14(12)18)20-11-5-3-2-4-6-11/h2-9H,1H3,(H2,17,18,19). The molecule has 0 radical (unpaired) electrons. The number of hydrogen-bond donors (Lipinski definition) is 2. The lowest BCUT2D eigenvalue weighted by molar-refractivity contribution is 0.467. The number of nitrogens with one attached hydrogen (secondary N) is 1. The first-order chi connectivity index (χ1) is 9.65. The molecule has 0 aliphatic rings. The second-order valence-corrected chi connectivity index (χ2v) is 5.68. The van der Waals surface area contributed by atoms with Gasteiger partial charge in [0, 0.05) is 10.3 Å². The first-order valence-corrected chi connectivity index (χ1v) is 7.05. The van der Waals surface area contributed by atoms with E-state index in [4.69, 9.17) is 0 Å². The normalized spacial score (nSPS) is 10.8. The van der Waals surface area contributed by atoms with Crippen LogP contribution >= 0.6 is 11.8 Å². The molecule has 0 amide bonds. The van der Waals surface area contributed by atoms with Crippen LogP contribution in [-0.2, 0) is 0 Å². The molecule has 2 N–H and O–H groups in total. The van der Waals surface area contributed by atoms with Crippen molar-refractivity contribution in [1.82, 2.24) is 4.98 Å². The Morgan fingerprint density at radius 2 is 1.85 bits per heavy atom. The Balaban J connectivity index is 2.16. The number of aryl methyl sites for hydroxylation is 1. The van der Waals surface area contributed by atoms with E-state index in [-0.39, 0.29) is 11.3 Å². The zero-order chi connectivity index (χ0) is 14.1. The molecule has 3 aromatic rings. The van der Waals surface area contributed by atoms with Gasteiger partial charge in [-0.25, -0.2) is 0 Å². The summed E-state index contributed by atoms with van der Waals surface area (Å²) in [5.74, 6) is 0.0394. The second kappa shape index (κ2) is 5.06. The van der Waals surface area contributed by atoms with E-state index >= 15 is 0 Å². The molecule has 0 spiro atoms. The Bertz CT molecular complexity index is 825. The molecule has 1 heterocycles. The topological polar surface area (TPSA) is 53.1 Å². The molecule has 2 aromatic carbocycles. The van der Waals surface area contributed by atoms with Crippen molar-refractivity contribution < 1.29 is 5.11 Å². The van der Waals surface area contributed by atoms with Crippen LogP contribution in [0.4, 0.5) is 0 Å². The molecule has 0 aliphatic heterocycles.